The Balaban J connectivity index is 4.70. The Bertz CT molecular complexity index is 452. The fourth-order valence-corrected chi connectivity index (χ4v) is 3.87. The second-order valence-electron chi connectivity index (χ2n) is 8.69. The van der Waals surface area contributed by atoms with Gasteiger partial charge in [0.1, 0.15) is 6.04 Å². The largest absolute Gasteiger partial charge is 0.480 e. The number of rotatable bonds is 21. The van der Waals surface area contributed by atoms with E-state index in [0.717, 1.165) is 43.4 Å². The molecule has 6 heteroatoms. The number of unbranched alkanes of at least 4 members (excludes halogenated alkanes) is 12. The van der Waals surface area contributed by atoms with E-state index in [-0.39, 0.29) is 31.1 Å². The number of aliphatic carboxylic acids is 1. The minimum Gasteiger partial charge on any atom is -0.480 e. The Morgan fingerprint density at radius 3 is 1.42 bits per heavy atom. The van der Waals surface area contributed by atoms with E-state index in [1.165, 1.54) is 38.5 Å². The summed E-state index contributed by atoms with van der Waals surface area (Å²) < 4.78 is 0. The Kier molecular flexibility index (Phi) is 19.5. The van der Waals surface area contributed by atoms with Gasteiger partial charge in [-0.3, -0.25) is 14.5 Å². The number of nitrogens with zero attached hydrogens (tertiary/aromatic N) is 1. The lowest BCUT2D eigenvalue weighted by atomic mass is 10.0. The summed E-state index contributed by atoms with van der Waals surface area (Å²) in [5, 5.41) is 9.67. The van der Waals surface area contributed by atoms with Gasteiger partial charge in [0.2, 0.25) is 11.8 Å². The lowest BCUT2D eigenvalue weighted by molar-refractivity contribution is -0.158. The molecule has 0 aliphatic heterocycles. The molecule has 3 N–H and O–H groups in total. The van der Waals surface area contributed by atoms with Crippen molar-refractivity contribution in [3.05, 3.63) is 0 Å². The van der Waals surface area contributed by atoms with Gasteiger partial charge in [-0.25, -0.2) is 4.79 Å². The Morgan fingerprint density at radius 2 is 1.06 bits per heavy atom. The van der Waals surface area contributed by atoms with E-state index >= 15 is 0 Å². The molecular weight excluding hydrogens is 392 g/mol. The highest BCUT2D eigenvalue weighted by atomic mass is 16.4. The Hall–Kier alpha value is -1.43. The zero-order valence-electron chi connectivity index (χ0n) is 20.2. The van der Waals surface area contributed by atoms with E-state index < -0.39 is 12.0 Å². The first kappa shape index (κ1) is 29.6. The molecule has 0 aromatic carbocycles. The first-order valence-corrected chi connectivity index (χ1v) is 12.8. The summed E-state index contributed by atoms with van der Waals surface area (Å²) in [7, 11) is 0. The standard InChI is InChI=1S/C25H48N2O4/c1-3-5-7-9-11-13-15-19-23(28)27(22(25(30)31)18-17-21-26)24(29)20-16-14-12-10-8-6-4-2/h22H,3-21,26H2,1-2H3,(H,30,31). The van der Waals surface area contributed by atoms with Crippen LogP contribution < -0.4 is 5.73 Å². The molecule has 2 amide bonds. The summed E-state index contributed by atoms with van der Waals surface area (Å²) in [5.74, 6) is -1.80. The molecule has 0 spiro atoms. The van der Waals surface area contributed by atoms with Gasteiger partial charge < -0.3 is 10.8 Å². The number of imide groups is 1. The third kappa shape index (κ3) is 15.1. The second kappa shape index (κ2) is 20.5. The fraction of sp³-hybridized carbons (Fsp3) is 0.880. The Morgan fingerprint density at radius 1 is 0.677 bits per heavy atom. The van der Waals surface area contributed by atoms with Crippen LogP contribution in [0.1, 0.15) is 129 Å². The molecule has 0 rings (SSSR count). The Labute approximate surface area is 190 Å². The van der Waals surface area contributed by atoms with E-state index in [1.54, 1.807) is 0 Å². The minimum absolute atomic E-state index is 0.220. The van der Waals surface area contributed by atoms with Gasteiger partial charge in [0.15, 0.2) is 0 Å². The maximum Gasteiger partial charge on any atom is 0.326 e. The van der Waals surface area contributed by atoms with E-state index in [9.17, 15) is 19.5 Å². The normalized spacial score (nSPS) is 12.0. The number of carboxylic acids is 1. The molecule has 0 saturated heterocycles. The number of carbonyl (C=O) groups excluding carboxylic acids is 2. The van der Waals surface area contributed by atoms with Crippen LogP contribution in [0.25, 0.3) is 0 Å². The van der Waals surface area contributed by atoms with Crippen LogP contribution >= 0.6 is 0 Å². The van der Waals surface area contributed by atoms with E-state index in [1.807, 2.05) is 0 Å². The molecule has 0 aromatic rings. The number of hydrogen-bond donors (Lipinski definition) is 2. The average molecular weight is 441 g/mol. The second-order valence-corrected chi connectivity index (χ2v) is 8.69. The maximum atomic E-state index is 12.8. The van der Waals surface area contributed by atoms with Gasteiger partial charge in [0, 0.05) is 12.8 Å². The molecule has 0 aromatic heterocycles. The molecule has 6 nitrogen and oxygen atoms in total. The minimum atomic E-state index is -1.12. The molecule has 0 aliphatic rings. The summed E-state index contributed by atoms with van der Waals surface area (Å²) in [6.07, 6.45) is 16.3. The van der Waals surface area contributed by atoms with Gasteiger partial charge in [-0.05, 0) is 32.2 Å². The van der Waals surface area contributed by atoms with Gasteiger partial charge in [-0.1, -0.05) is 90.9 Å². The average Bonchev–Trinajstić information content (AvgIpc) is 2.74. The van der Waals surface area contributed by atoms with Gasteiger partial charge in [0.25, 0.3) is 0 Å². The molecule has 0 aliphatic carbocycles. The quantitative estimate of drug-likeness (QED) is 0.219. The predicted molar refractivity (Wildman–Crippen MR) is 127 cm³/mol. The molecular formula is C25H48N2O4. The van der Waals surface area contributed by atoms with Crippen LogP contribution in [0.4, 0.5) is 0 Å². The summed E-state index contributed by atoms with van der Waals surface area (Å²) in [4.78, 5) is 38.6. The van der Waals surface area contributed by atoms with Crippen molar-refractivity contribution in [3.8, 4) is 0 Å². The van der Waals surface area contributed by atoms with Gasteiger partial charge in [-0.2, -0.15) is 0 Å². The van der Waals surface area contributed by atoms with Crippen LogP contribution in [0, 0.1) is 0 Å². The van der Waals surface area contributed by atoms with Crippen molar-refractivity contribution in [2.45, 2.75) is 135 Å². The van der Waals surface area contributed by atoms with Crippen LogP contribution in [0.15, 0.2) is 0 Å². The van der Waals surface area contributed by atoms with Crippen molar-refractivity contribution in [1.29, 1.82) is 0 Å². The predicted octanol–water partition coefficient (Wildman–Crippen LogP) is 5.82. The van der Waals surface area contributed by atoms with Crippen molar-refractivity contribution in [2.24, 2.45) is 5.73 Å². The highest BCUT2D eigenvalue weighted by molar-refractivity contribution is 5.99. The number of carbonyl (C=O) groups is 3. The molecule has 182 valence electrons. The highest BCUT2D eigenvalue weighted by Crippen LogP contribution is 2.17. The third-order valence-electron chi connectivity index (χ3n) is 5.80. The van der Waals surface area contributed by atoms with Crippen LogP contribution in [-0.2, 0) is 14.4 Å². The van der Waals surface area contributed by atoms with E-state index in [0.29, 0.717) is 25.8 Å². The molecule has 0 bridgehead atoms. The van der Waals surface area contributed by atoms with Crippen molar-refractivity contribution in [3.63, 3.8) is 0 Å². The number of amides is 2. The summed E-state index contributed by atoms with van der Waals surface area (Å²) >= 11 is 0. The van der Waals surface area contributed by atoms with Crippen LogP contribution in [0.3, 0.4) is 0 Å². The number of carboxylic acid groups (broad SMARTS) is 1. The van der Waals surface area contributed by atoms with Crippen molar-refractivity contribution >= 4 is 17.8 Å². The molecule has 31 heavy (non-hydrogen) atoms. The summed E-state index contributed by atoms with van der Waals surface area (Å²) in [6, 6.07) is -1.10. The van der Waals surface area contributed by atoms with Gasteiger partial charge in [-0.15, -0.1) is 0 Å². The molecule has 1 unspecified atom stereocenters. The molecule has 1 atom stereocenters. The zero-order chi connectivity index (χ0) is 23.3. The smallest absolute Gasteiger partial charge is 0.326 e. The van der Waals surface area contributed by atoms with Crippen LogP contribution in [-0.4, -0.2) is 40.4 Å². The first-order chi connectivity index (χ1) is 15.0. The maximum absolute atomic E-state index is 12.8. The fourth-order valence-electron chi connectivity index (χ4n) is 3.87. The summed E-state index contributed by atoms with van der Waals surface area (Å²) in [6.45, 7) is 4.70. The van der Waals surface area contributed by atoms with Crippen LogP contribution in [0.5, 0.6) is 0 Å². The summed E-state index contributed by atoms with van der Waals surface area (Å²) in [5.41, 5.74) is 5.54. The van der Waals surface area contributed by atoms with E-state index in [2.05, 4.69) is 13.8 Å². The van der Waals surface area contributed by atoms with Crippen LogP contribution in [0.2, 0.25) is 0 Å². The molecule has 0 heterocycles. The zero-order valence-corrected chi connectivity index (χ0v) is 20.2. The SMILES string of the molecule is CCCCCCCCCC(=O)N(C(=O)CCCCCCCCC)C(CCCN)C(=O)O. The van der Waals surface area contributed by atoms with Gasteiger partial charge >= 0.3 is 5.97 Å². The molecule has 0 saturated carbocycles. The van der Waals surface area contributed by atoms with Crippen molar-refractivity contribution < 1.29 is 19.5 Å². The lowest BCUT2D eigenvalue weighted by Gasteiger charge is -2.27. The highest BCUT2D eigenvalue weighted by Gasteiger charge is 2.33. The topological polar surface area (TPSA) is 101 Å². The van der Waals surface area contributed by atoms with Crippen molar-refractivity contribution in [1.82, 2.24) is 4.90 Å². The lowest BCUT2D eigenvalue weighted by Crippen LogP contribution is -2.48. The molecule has 0 fully saturated rings. The van der Waals surface area contributed by atoms with Gasteiger partial charge in [0.05, 0.1) is 0 Å². The monoisotopic (exact) mass is 440 g/mol. The molecule has 0 radical (unpaired) electrons. The first-order valence-electron chi connectivity index (χ1n) is 12.8. The number of nitrogens with two attached hydrogens (primary N) is 1. The third-order valence-corrected chi connectivity index (χ3v) is 5.80. The number of hydrogen-bond acceptors (Lipinski definition) is 4. The van der Waals surface area contributed by atoms with E-state index in [4.69, 9.17) is 5.73 Å². The van der Waals surface area contributed by atoms with Crippen molar-refractivity contribution in [2.75, 3.05) is 6.54 Å².